The molecule has 0 aliphatic carbocycles. The van der Waals surface area contributed by atoms with E-state index in [0.717, 1.165) is 36.3 Å². The van der Waals surface area contributed by atoms with Gasteiger partial charge in [-0.15, -0.1) is 0 Å². The highest BCUT2D eigenvalue weighted by atomic mass is 127. The second-order valence-corrected chi connectivity index (χ2v) is 6.71. The number of piperazine rings is 1. The molecular formula is C17H18IN3O2. The van der Waals surface area contributed by atoms with Crippen molar-refractivity contribution in [3.05, 3.63) is 57.3 Å². The van der Waals surface area contributed by atoms with Gasteiger partial charge in [-0.05, 0) is 34.2 Å². The van der Waals surface area contributed by atoms with E-state index in [2.05, 4.69) is 61.6 Å². The standard InChI is InChI=1S/C17H18IN3O2/c18-14-6-7-19-16(15(14)17(22)23)21-10-8-20(9-11-21)12-13-4-2-1-3-5-13/h1-7H,8-12H2,(H,22,23). The van der Waals surface area contributed by atoms with Gasteiger partial charge in [0, 0.05) is 42.5 Å². The lowest BCUT2D eigenvalue weighted by Crippen LogP contribution is -2.46. The van der Waals surface area contributed by atoms with Crippen LogP contribution in [0.4, 0.5) is 5.82 Å². The summed E-state index contributed by atoms with van der Waals surface area (Å²) in [4.78, 5) is 20.3. The fourth-order valence-corrected chi connectivity index (χ4v) is 3.46. The molecule has 6 heteroatoms. The van der Waals surface area contributed by atoms with Crippen molar-refractivity contribution in [3.63, 3.8) is 0 Å². The van der Waals surface area contributed by atoms with Crippen LogP contribution in [0.1, 0.15) is 15.9 Å². The highest BCUT2D eigenvalue weighted by Gasteiger charge is 2.24. The van der Waals surface area contributed by atoms with Crippen molar-refractivity contribution in [2.75, 3.05) is 31.1 Å². The van der Waals surface area contributed by atoms with Crippen LogP contribution in [0, 0.1) is 3.57 Å². The van der Waals surface area contributed by atoms with Gasteiger partial charge in [-0.2, -0.15) is 0 Å². The summed E-state index contributed by atoms with van der Waals surface area (Å²) in [5, 5.41) is 9.44. The van der Waals surface area contributed by atoms with Crippen LogP contribution in [0.25, 0.3) is 0 Å². The highest BCUT2D eigenvalue weighted by molar-refractivity contribution is 14.1. The van der Waals surface area contributed by atoms with Gasteiger partial charge >= 0.3 is 5.97 Å². The summed E-state index contributed by atoms with van der Waals surface area (Å²) < 4.78 is 0.729. The van der Waals surface area contributed by atoms with Crippen LogP contribution >= 0.6 is 22.6 Å². The number of halogens is 1. The smallest absolute Gasteiger partial charge is 0.340 e. The lowest BCUT2D eigenvalue weighted by molar-refractivity contribution is 0.0695. The maximum atomic E-state index is 11.5. The van der Waals surface area contributed by atoms with Gasteiger partial charge < -0.3 is 10.0 Å². The Morgan fingerprint density at radius 3 is 2.48 bits per heavy atom. The van der Waals surface area contributed by atoms with Crippen molar-refractivity contribution >= 4 is 34.4 Å². The molecule has 23 heavy (non-hydrogen) atoms. The molecule has 1 aliphatic rings. The molecule has 1 aromatic heterocycles. The monoisotopic (exact) mass is 423 g/mol. The van der Waals surface area contributed by atoms with Crippen LogP contribution in [0.5, 0.6) is 0 Å². The molecule has 1 aromatic carbocycles. The zero-order chi connectivity index (χ0) is 16.2. The number of aromatic nitrogens is 1. The molecule has 2 heterocycles. The zero-order valence-electron chi connectivity index (χ0n) is 12.7. The van der Waals surface area contributed by atoms with Gasteiger partial charge in [0.2, 0.25) is 0 Å². The maximum absolute atomic E-state index is 11.5. The van der Waals surface area contributed by atoms with Crippen molar-refractivity contribution in [3.8, 4) is 0 Å². The van der Waals surface area contributed by atoms with Gasteiger partial charge in [-0.1, -0.05) is 30.3 Å². The fourth-order valence-electron chi connectivity index (χ4n) is 2.82. The molecule has 0 unspecified atom stereocenters. The molecule has 1 aliphatic heterocycles. The average Bonchev–Trinajstić information content (AvgIpc) is 2.56. The first-order chi connectivity index (χ1) is 11.1. The molecule has 1 N–H and O–H groups in total. The normalized spacial score (nSPS) is 15.6. The third kappa shape index (κ3) is 3.81. The lowest BCUT2D eigenvalue weighted by Gasteiger charge is -2.36. The van der Waals surface area contributed by atoms with E-state index in [-0.39, 0.29) is 0 Å². The molecular weight excluding hydrogens is 405 g/mol. The summed E-state index contributed by atoms with van der Waals surface area (Å²) in [5.74, 6) is -0.326. The average molecular weight is 423 g/mol. The van der Waals surface area contributed by atoms with E-state index in [1.54, 1.807) is 12.3 Å². The van der Waals surface area contributed by atoms with E-state index >= 15 is 0 Å². The molecule has 5 nitrogen and oxygen atoms in total. The Morgan fingerprint density at radius 1 is 1.13 bits per heavy atom. The quantitative estimate of drug-likeness (QED) is 0.767. The second-order valence-electron chi connectivity index (χ2n) is 5.55. The van der Waals surface area contributed by atoms with Crippen molar-refractivity contribution in [1.82, 2.24) is 9.88 Å². The van der Waals surface area contributed by atoms with Crippen molar-refractivity contribution in [2.24, 2.45) is 0 Å². The topological polar surface area (TPSA) is 56.7 Å². The van der Waals surface area contributed by atoms with E-state index in [1.807, 2.05) is 6.07 Å². The van der Waals surface area contributed by atoms with E-state index < -0.39 is 5.97 Å². The number of carboxylic acids is 1. The van der Waals surface area contributed by atoms with Crippen molar-refractivity contribution in [2.45, 2.75) is 6.54 Å². The predicted octanol–water partition coefficient (Wildman–Crippen LogP) is 2.71. The molecule has 1 fully saturated rings. The molecule has 0 spiro atoms. The number of pyridine rings is 1. The van der Waals surface area contributed by atoms with Crippen LogP contribution < -0.4 is 4.90 Å². The fraction of sp³-hybridized carbons (Fsp3) is 0.294. The Kier molecular flexibility index (Phi) is 5.12. The molecule has 0 bridgehead atoms. The minimum absolute atomic E-state index is 0.310. The van der Waals surface area contributed by atoms with E-state index in [9.17, 15) is 9.90 Å². The summed E-state index contributed by atoms with van der Waals surface area (Å²) in [5.41, 5.74) is 1.61. The maximum Gasteiger partial charge on any atom is 0.340 e. The SMILES string of the molecule is O=C(O)c1c(I)ccnc1N1CCN(Cc2ccccc2)CC1. The molecule has 3 rings (SSSR count). The Labute approximate surface area is 149 Å². The molecule has 0 radical (unpaired) electrons. The largest absolute Gasteiger partial charge is 0.478 e. The van der Waals surface area contributed by atoms with Crippen LogP contribution in [0.2, 0.25) is 0 Å². The first-order valence-electron chi connectivity index (χ1n) is 7.54. The molecule has 2 aromatic rings. The Balaban J connectivity index is 1.68. The number of nitrogens with zero attached hydrogens (tertiary/aromatic N) is 3. The third-order valence-electron chi connectivity index (χ3n) is 4.01. The zero-order valence-corrected chi connectivity index (χ0v) is 14.8. The molecule has 0 amide bonds. The summed E-state index contributed by atoms with van der Waals surface area (Å²) in [7, 11) is 0. The van der Waals surface area contributed by atoms with Crippen LogP contribution in [0.3, 0.4) is 0 Å². The Hall–Kier alpha value is -1.67. The number of anilines is 1. The van der Waals surface area contributed by atoms with E-state index in [1.165, 1.54) is 5.56 Å². The first-order valence-corrected chi connectivity index (χ1v) is 8.62. The molecule has 120 valence electrons. The summed E-state index contributed by atoms with van der Waals surface area (Å²) in [6.45, 7) is 4.32. The number of hydrogen-bond acceptors (Lipinski definition) is 4. The minimum Gasteiger partial charge on any atom is -0.478 e. The van der Waals surface area contributed by atoms with E-state index in [4.69, 9.17) is 0 Å². The van der Waals surface area contributed by atoms with Crippen molar-refractivity contribution < 1.29 is 9.90 Å². The van der Waals surface area contributed by atoms with Crippen molar-refractivity contribution in [1.29, 1.82) is 0 Å². The van der Waals surface area contributed by atoms with Gasteiger partial charge in [-0.25, -0.2) is 9.78 Å². The Morgan fingerprint density at radius 2 is 1.83 bits per heavy atom. The van der Waals surface area contributed by atoms with Gasteiger partial charge in [0.25, 0.3) is 0 Å². The minimum atomic E-state index is -0.913. The van der Waals surface area contributed by atoms with Gasteiger partial charge in [0.1, 0.15) is 11.4 Å². The first kappa shape index (κ1) is 16.2. The third-order valence-corrected chi connectivity index (χ3v) is 4.91. The van der Waals surface area contributed by atoms with E-state index in [0.29, 0.717) is 11.4 Å². The number of carboxylic acid groups (broad SMARTS) is 1. The second kappa shape index (κ2) is 7.27. The Bertz CT molecular complexity index is 685. The number of rotatable bonds is 4. The van der Waals surface area contributed by atoms with Gasteiger partial charge in [-0.3, -0.25) is 4.90 Å². The summed E-state index contributed by atoms with van der Waals surface area (Å²) in [6, 6.07) is 12.1. The van der Waals surface area contributed by atoms with Crippen LogP contribution in [0.15, 0.2) is 42.6 Å². The highest BCUT2D eigenvalue weighted by Crippen LogP contribution is 2.24. The molecule has 0 saturated carbocycles. The summed E-state index contributed by atoms with van der Waals surface area (Å²) >= 11 is 2.06. The summed E-state index contributed by atoms with van der Waals surface area (Å²) in [6.07, 6.45) is 1.68. The molecule has 0 atom stereocenters. The van der Waals surface area contributed by atoms with Crippen LogP contribution in [-0.2, 0) is 6.54 Å². The number of aromatic carboxylic acids is 1. The number of carbonyl (C=O) groups is 1. The van der Waals surface area contributed by atoms with Crippen LogP contribution in [-0.4, -0.2) is 47.1 Å². The molecule has 1 saturated heterocycles. The lowest BCUT2D eigenvalue weighted by atomic mass is 10.2. The number of hydrogen-bond donors (Lipinski definition) is 1. The van der Waals surface area contributed by atoms with Gasteiger partial charge in [0.05, 0.1) is 0 Å². The predicted molar refractivity (Wildman–Crippen MR) is 97.8 cm³/mol. The number of benzene rings is 1. The van der Waals surface area contributed by atoms with Gasteiger partial charge in [0.15, 0.2) is 0 Å².